The molecule has 3 nitrogen and oxygen atoms in total. The molecule has 0 amide bonds. The summed E-state index contributed by atoms with van der Waals surface area (Å²) in [5.41, 5.74) is 0.924. The van der Waals surface area contributed by atoms with Crippen LogP contribution in [0.1, 0.15) is 45.2 Å². The highest BCUT2D eigenvalue weighted by Crippen LogP contribution is 2.34. The fourth-order valence-corrected chi connectivity index (χ4v) is 4.01. The molecule has 3 rings (SSSR count). The number of carbonyl (C=O) groups excluding carboxylic acids is 1. The molecule has 0 aromatic carbocycles. The summed E-state index contributed by atoms with van der Waals surface area (Å²) >= 11 is 1.61. The predicted octanol–water partition coefficient (Wildman–Crippen LogP) is 3.97. The topological polar surface area (TPSA) is 34.4 Å². The summed E-state index contributed by atoms with van der Waals surface area (Å²) in [6, 6.07) is 0. The molecular weight excluding hydrogens is 268 g/mol. The number of ketones is 1. The van der Waals surface area contributed by atoms with Gasteiger partial charge in [-0.25, -0.2) is 4.98 Å². The van der Waals surface area contributed by atoms with E-state index < -0.39 is 0 Å². The molecule has 4 heteroatoms. The summed E-state index contributed by atoms with van der Waals surface area (Å²) in [5, 5.41) is 2.02. The third-order valence-electron chi connectivity index (χ3n) is 4.67. The second kappa shape index (κ2) is 5.68. The zero-order valence-electron chi connectivity index (χ0n) is 12.2. The molecule has 0 N–H and O–H groups in total. The Labute approximate surface area is 124 Å². The van der Waals surface area contributed by atoms with Gasteiger partial charge in [-0.05, 0) is 37.5 Å². The molecule has 0 unspecified atom stereocenters. The van der Waals surface area contributed by atoms with Crippen molar-refractivity contribution >= 4 is 22.1 Å². The van der Waals surface area contributed by atoms with Gasteiger partial charge < -0.3 is 0 Å². The first-order valence-corrected chi connectivity index (χ1v) is 8.45. The van der Waals surface area contributed by atoms with Crippen molar-refractivity contribution in [2.45, 2.75) is 46.0 Å². The molecule has 1 aliphatic rings. The van der Waals surface area contributed by atoms with E-state index in [1.54, 1.807) is 11.3 Å². The largest absolute Gasteiger partial charge is 0.299 e. The second-order valence-corrected chi connectivity index (χ2v) is 7.20. The molecule has 0 bridgehead atoms. The smallest absolute Gasteiger partial charge is 0.193 e. The van der Waals surface area contributed by atoms with Crippen LogP contribution in [0.2, 0.25) is 0 Å². The maximum atomic E-state index is 12.4. The van der Waals surface area contributed by atoms with Gasteiger partial charge in [0.25, 0.3) is 0 Å². The van der Waals surface area contributed by atoms with Gasteiger partial charge in [-0.2, -0.15) is 0 Å². The Bertz CT molecular complexity index is 562. The number of aromatic nitrogens is 2. The van der Waals surface area contributed by atoms with Gasteiger partial charge in [-0.3, -0.25) is 9.20 Å². The normalized spacial score (nSPS) is 23.6. The molecule has 0 aliphatic heterocycles. The lowest BCUT2D eigenvalue weighted by Crippen LogP contribution is -2.25. The second-order valence-electron chi connectivity index (χ2n) is 6.32. The maximum absolute atomic E-state index is 12.4. The van der Waals surface area contributed by atoms with E-state index in [0.717, 1.165) is 35.3 Å². The van der Waals surface area contributed by atoms with E-state index in [-0.39, 0.29) is 5.92 Å². The fourth-order valence-electron chi connectivity index (χ4n) is 3.29. The number of imidazole rings is 1. The third kappa shape index (κ3) is 2.80. The molecule has 1 aliphatic carbocycles. The number of rotatable bonds is 4. The highest BCUT2D eigenvalue weighted by molar-refractivity contribution is 7.15. The SMILES string of the molecule is CC(C)C1CCC(C(=O)Cc2cn3ccsc3n2)CC1. The molecule has 1 saturated carbocycles. The van der Waals surface area contributed by atoms with Crippen molar-refractivity contribution in [2.24, 2.45) is 17.8 Å². The van der Waals surface area contributed by atoms with Crippen molar-refractivity contribution in [1.29, 1.82) is 0 Å². The molecule has 108 valence electrons. The molecule has 0 atom stereocenters. The number of nitrogens with zero attached hydrogens (tertiary/aromatic N) is 2. The molecule has 0 saturated heterocycles. The van der Waals surface area contributed by atoms with E-state index in [2.05, 4.69) is 18.8 Å². The van der Waals surface area contributed by atoms with Crippen LogP contribution in [0.3, 0.4) is 0 Å². The molecule has 2 aromatic rings. The summed E-state index contributed by atoms with van der Waals surface area (Å²) in [4.78, 5) is 17.9. The first kappa shape index (κ1) is 13.8. The van der Waals surface area contributed by atoms with Crippen LogP contribution in [0.5, 0.6) is 0 Å². The summed E-state index contributed by atoms with van der Waals surface area (Å²) in [7, 11) is 0. The summed E-state index contributed by atoms with van der Waals surface area (Å²) in [6.07, 6.45) is 9.07. The minimum absolute atomic E-state index is 0.268. The van der Waals surface area contributed by atoms with Crippen LogP contribution in [-0.2, 0) is 11.2 Å². The minimum Gasteiger partial charge on any atom is -0.299 e. The van der Waals surface area contributed by atoms with Crippen LogP contribution < -0.4 is 0 Å². The monoisotopic (exact) mass is 290 g/mol. The first-order valence-electron chi connectivity index (χ1n) is 7.57. The fraction of sp³-hybridized carbons (Fsp3) is 0.625. The van der Waals surface area contributed by atoms with Crippen molar-refractivity contribution in [1.82, 2.24) is 9.38 Å². The molecule has 2 aromatic heterocycles. The van der Waals surface area contributed by atoms with Gasteiger partial charge in [0.05, 0.1) is 12.1 Å². The van der Waals surface area contributed by atoms with Crippen molar-refractivity contribution in [3.63, 3.8) is 0 Å². The lowest BCUT2D eigenvalue weighted by molar-refractivity contribution is -0.123. The average molecular weight is 290 g/mol. The minimum atomic E-state index is 0.268. The zero-order chi connectivity index (χ0) is 14.1. The van der Waals surface area contributed by atoms with Crippen molar-refractivity contribution in [3.05, 3.63) is 23.5 Å². The van der Waals surface area contributed by atoms with Gasteiger partial charge in [-0.1, -0.05) is 13.8 Å². The molecule has 0 spiro atoms. The van der Waals surface area contributed by atoms with E-state index >= 15 is 0 Å². The molecular formula is C16H22N2OS. The zero-order valence-corrected chi connectivity index (χ0v) is 13.0. The van der Waals surface area contributed by atoms with Crippen LogP contribution >= 0.6 is 11.3 Å². The highest BCUT2D eigenvalue weighted by atomic mass is 32.1. The number of thiazole rings is 1. The van der Waals surface area contributed by atoms with Crippen molar-refractivity contribution in [2.75, 3.05) is 0 Å². The molecule has 0 radical (unpaired) electrons. The molecule has 1 fully saturated rings. The lowest BCUT2D eigenvalue weighted by Gasteiger charge is -2.30. The Morgan fingerprint density at radius 1 is 1.40 bits per heavy atom. The van der Waals surface area contributed by atoms with E-state index in [9.17, 15) is 4.79 Å². The van der Waals surface area contributed by atoms with Gasteiger partial charge in [0.2, 0.25) is 0 Å². The number of fused-ring (bicyclic) bond motifs is 1. The van der Waals surface area contributed by atoms with Gasteiger partial charge >= 0.3 is 0 Å². The van der Waals surface area contributed by atoms with Gasteiger partial charge in [0, 0.05) is 23.7 Å². The predicted molar refractivity (Wildman–Crippen MR) is 82.1 cm³/mol. The number of Topliss-reactive ketones (excluding diaryl/α,β-unsaturated/α-hetero) is 1. The van der Waals surface area contributed by atoms with E-state index in [1.807, 2.05) is 22.2 Å². The summed E-state index contributed by atoms with van der Waals surface area (Å²) in [5.74, 6) is 2.23. The van der Waals surface area contributed by atoms with Gasteiger partial charge in [0.15, 0.2) is 4.96 Å². The van der Waals surface area contributed by atoms with E-state index in [1.165, 1.54) is 12.8 Å². The summed E-state index contributed by atoms with van der Waals surface area (Å²) < 4.78 is 2.00. The summed E-state index contributed by atoms with van der Waals surface area (Å²) in [6.45, 7) is 4.59. The Balaban J connectivity index is 1.58. The third-order valence-corrected chi connectivity index (χ3v) is 5.44. The number of hydrogen-bond donors (Lipinski definition) is 0. The Morgan fingerprint density at radius 2 is 2.15 bits per heavy atom. The van der Waals surface area contributed by atoms with Crippen molar-refractivity contribution in [3.8, 4) is 0 Å². The molecule has 20 heavy (non-hydrogen) atoms. The van der Waals surface area contributed by atoms with E-state index in [4.69, 9.17) is 0 Å². The Morgan fingerprint density at radius 3 is 2.80 bits per heavy atom. The van der Waals surface area contributed by atoms with Crippen LogP contribution in [-0.4, -0.2) is 15.2 Å². The number of carbonyl (C=O) groups is 1. The Hall–Kier alpha value is -1.16. The lowest BCUT2D eigenvalue weighted by atomic mass is 9.75. The number of hydrogen-bond acceptors (Lipinski definition) is 3. The Kier molecular flexibility index (Phi) is 3.92. The standard InChI is InChI=1S/C16H22N2OS/c1-11(2)12-3-5-13(6-4-12)15(19)9-14-10-18-7-8-20-16(18)17-14/h7-8,10-13H,3-6,9H2,1-2H3. The highest BCUT2D eigenvalue weighted by Gasteiger charge is 2.27. The maximum Gasteiger partial charge on any atom is 0.193 e. The average Bonchev–Trinajstić information content (AvgIpc) is 2.99. The quantitative estimate of drug-likeness (QED) is 0.854. The van der Waals surface area contributed by atoms with Gasteiger partial charge in [0.1, 0.15) is 5.78 Å². The van der Waals surface area contributed by atoms with Crippen LogP contribution in [0.25, 0.3) is 4.96 Å². The van der Waals surface area contributed by atoms with Crippen LogP contribution in [0.4, 0.5) is 0 Å². The van der Waals surface area contributed by atoms with Gasteiger partial charge in [-0.15, -0.1) is 11.3 Å². The van der Waals surface area contributed by atoms with E-state index in [0.29, 0.717) is 12.2 Å². The van der Waals surface area contributed by atoms with Crippen LogP contribution in [0.15, 0.2) is 17.8 Å². The first-order chi connectivity index (χ1) is 9.63. The molecule has 2 heterocycles. The van der Waals surface area contributed by atoms with Crippen molar-refractivity contribution < 1.29 is 4.79 Å². The van der Waals surface area contributed by atoms with Crippen LogP contribution in [0, 0.1) is 17.8 Å².